The molecular formula is C15H24FN3O2. The van der Waals surface area contributed by atoms with Gasteiger partial charge in [0.1, 0.15) is 11.6 Å². The number of benzene rings is 1. The minimum atomic E-state index is -0.262. The molecule has 0 aliphatic rings. The van der Waals surface area contributed by atoms with Gasteiger partial charge in [0.25, 0.3) is 0 Å². The Hall–Kier alpha value is -1.82. The summed E-state index contributed by atoms with van der Waals surface area (Å²) in [6.07, 6.45) is 1.74. The van der Waals surface area contributed by atoms with Gasteiger partial charge in [-0.25, -0.2) is 4.39 Å². The Labute approximate surface area is 125 Å². The molecule has 0 fully saturated rings. The summed E-state index contributed by atoms with van der Waals surface area (Å²) in [5, 5.41) is 3.04. The van der Waals surface area contributed by atoms with Gasteiger partial charge in [0, 0.05) is 19.7 Å². The number of ether oxygens (including phenoxy) is 2. The number of hydrogen-bond acceptors (Lipinski definition) is 3. The molecule has 0 radical (unpaired) electrons. The van der Waals surface area contributed by atoms with Crippen LogP contribution in [0.5, 0.6) is 5.75 Å². The van der Waals surface area contributed by atoms with Crippen molar-refractivity contribution < 1.29 is 13.9 Å². The number of guanidine groups is 1. The standard InChI is InChI=1S/C15H24FN3O2/c1-12(11-20-2)19-15(17)18-9-3-4-10-21-14-7-5-13(16)6-8-14/h5-8,12H,3-4,9-11H2,1-2H3,(H3,17,18,19). The highest BCUT2D eigenvalue weighted by molar-refractivity contribution is 5.78. The van der Waals surface area contributed by atoms with Crippen LogP contribution in [0.15, 0.2) is 29.3 Å². The normalized spacial score (nSPS) is 13.0. The van der Waals surface area contributed by atoms with Gasteiger partial charge in [0.2, 0.25) is 0 Å². The van der Waals surface area contributed by atoms with E-state index < -0.39 is 0 Å². The first kappa shape index (κ1) is 17.2. The molecule has 0 aliphatic carbocycles. The summed E-state index contributed by atoms with van der Waals surface area (Å²) < 4.78 is 23.2. The lowest BCUT2D eigenvalue weighted by atomic mass is 10.3. The van der Waals surface area contributed by atoms with Gasteiger partial charge in [-0.3, -0.25) is 4.99 Å². The molecule has 0 spiro atoms. The number of unbranched alkanes of at least 4 members (excludes halogenated alkanes) is 1. The lowest BCUT2D eigenvalue weighted by molar-refractivity contribution is 0.179. The maximum absolute atomic E-state index is 12.7. The lowest BCUT2D eigenvalue weighted by Gasteiger charge is -2.13. The molecule has 3 N–H and O–H groups in total. The van der Waals surface area contributed by atoms with Gasteiger partial charge in [-0.1, -0.05) is 0 Å². The van der Waals surface area contributed by atoms with Crippen LogP contribution in [0.1, 0.15) is 19.8 Å². The maximum atomic E-state index is 12.7. The number of aliphatic imine (C=N–C) groups is 1. The summed E-state index contributed by atoms with van der Waals surface area (Å²) in [7, 11) is 1.65. The molecule has 1 unspecified atom stereocenters. The number of nitrogens with two attached hydrogens (primary N) is 1. The van der Waals surface area contributed by atoms with Crippen molar-refractivity contribution in [3.05, 3.63) is 30.1 Å². The van der Waals surface area contributed by atoms with Gasteiger partial charge in [-0.2, -0.15) is 0 Å². The number of methoxy groups -OCH3 is 1. The van der Waals surface area contributed by atoms with E-state index in [-0.39, 0.29) is 11.9 Å². The van der Waals surface area contributed by atoms with Gasteiger partial charge >= 0.3 is 0 Å². The zero-order valence-corrected chi connectivity index (χ0v) is 12.6. The fraction of sp³-hybridized carbons (Fsp3) is 0.533. The fourth-order valence-electron chi connectivity index (χ4n) is 1.72. The quantitative estimate of drug-likeness (QED) is 0.415. The van der Waals surface area contributed by atoms with Crippen LogP contribution in [0, 0.1) is 5.82 Å². The molecule has 1 atom stereocenters. The van der Waals surface area contributed by atoms with Gasteiger partial charge in [-0.05, 0) is 44.0 Å². The molecule has 1 aromatic rings. The average Bonchev–Trinajstić information content (AvgIpc) is 2.44. The summed E-state index contributed by atoms with van der Waals surface area (Å²) >= 11 is 0. The van der Waals surface area contributed by atoms with Crippen molar-refractivity contribution in [2.24, 2.45) is 10.7 Å². The van der Waals surface area contributed by atoms with E-state index in [1.165, 1.54) is 12.1 Å². The Balaban J connectivity index is 2.09. The molecule has 6 heteroatoms. The number of nitrogens with zero attached hydrogens (tertiary/aromatic N) is 1. The van der Waals surface area contributed by atoms with Gasteiger partial charge < -0.3 is 20.5 Å². The Morgan fingerprint density at radius 2 is 2.05 bits per heavy atom. The van der Waals surface area contributed by atoms with E-state index in [0.29, 0.717) is 31.5 Å². The van der Waals surface area contributed by atoms with Gasteiger partial charge in [-0.15, -0.1) is 0 Å². The zero-order chi connectivity index (χ0) is 15.5. The third kappa shape index (κ3) is 8.14. The lowest BCUT2D eigenvalue weighted by Crippen LogP contribution is -2.40. The van der Waals surface area contributed by atoms with Crippen molar-refractivity contribution in [2.45, 2.75) is 25.8 Å². The van der Waals surface area contributed by atoms with Crippen LogP contribution in [0.3, 0.4) is 0 Å². The van der Waals surface area contributed by atoms with Crippen molar-refractivity contribution in [1.82, 2.24) is 5.32 Å². The molecule has 21 heavy (non-hydrogen) atoms. The van der Waals surface area contributed by atoms with E-state index in [2.05, 4.69) is 10.3 Å². The molecule has 0 heterocycles. The Morgan fingerprint density at radius 3 is 2.71 bits per heavy atom. The maximum Gasteiger partial charge on any atom is 0.188 e. The number of nitrogens with one attached hydrogen (secondary N) is 1. The predicted molar refractivity (Wildman–Crippen MR) is 82.1 cm³/mol. The van der Waals surface area contributed by atoms with Crippen molar-refractivity contribution in [3.8, 4) is 5.75 Å². The molecule has 0 bridgehead atoms. The second-order valence-electron chi connectivity index (χ2n) is 4.78. The van der Waals surface area contributed by atoms with Crippen LogP contribution in [0.2, 0.25) is 0 Å². The third-order valence-corrected chi connectivity index (χ3v) is 2.73. The third-order valence-electron chi connectivity index (χ3n) is 2.73. The summed E-state index contributed by atoms with van der Waals surface area (Å²) in [6.45, 7) is 3.78. The van der Waals surface area contributed by atoms with E-state index in [9.17, 15) is 4.39 Å². The first-order chi connectivity index (χ1) is 10.1. The molecule has 0 amide bonds. The smallest absolute Gasteiger partial charge is 0.188 e. The summed E-state index contributed by atoms with van der Waals surface area (Å²) in [5.41, 5.74) is 5.74. The van der Waals surface area contributed by atoms with E-state index in [1.807, 2.05) is 6.92 Å². The molecule has 5 nitrogen and oxygen atoms in total. The van der Waals surface area contributed by atoms with Crippen molar-refractivity contribution >= 4 is 5.96 Å². The van der Waals surface area contributed by atoms with Crippen LogP contribution in [0.25, 0.3) is 0 Å². The number of hydrogen-bond donors (Lipinski definition) is 2. The summed E-state index contributed by atoms with van der Waals surface area (Å²) in [5.74, 6) is 0.843. The topological polar surface area (TPSA) is 68.9 Å². The zero-order valence-electron chi connectivity index (χ0n) is 12.6. The highest BCUT2D eigenvalue weighted by Crippen LogP contribution is 2.11. The molecule has 1 aromatic carbocycles. The molecule has 0 aliphatic heterocycles. The molecule has 0 saturated heterocycles. The summed E-state index contributed by atoms with van der Waals surface area (Å²) in [6, 6.07) is 6.14. The largest absolute Gasteiger partial charge is 0.494 e. The Morgan fingerprint density at radius 1 is 1.33 bits per heavy atom. The van der Waals surface area contributed by atoms with E-state index >= 15 is 0 Å². The van der Waals surface area contributed by atoms with Gasteiger partial charge in [0.15, 0.2) is 5.96 Å². The fourth-order valence-corrected chi connectivity index (χ4v) is 1.72. The predicted octanol–water partition coefficient (Wildman–Crippen LogP) is 1.92. The molecule has 0 aromatic heterocycles. The van der Waals surface area contributed by atoms with Crippen LogP contribution in [-0.2, 0) is 4.74 Å². The highest BCUT2D eigenvalue weighted by atomic mass is 19.1. The first-order valence-electron chi connectivity index (χ1n) is 7.05. The van der Waals surface area contributed by atoms with Crippen molar-refractivity contribution in [3.63, 3.8) is 0 Å². The minimum Gasteiger partial charge on any atom is -0.494 e. The van der Waals surface area contributed by atoms with E-state index in [1.54, 1.807) is 19.2 Å². The number of halogens is 1. The van der Waals surface area contributed by atoms with Crippen LogP contribution in [0.4, 0.5) is 4.39 Å². The number of rotatable bonds is 9. The molecule has 118 valence electrons. The van der Waals surface area contributed by atoms with Crippen molar-refractivity contribution in [2.75, 3.05) is 26.9 Å². The van der Waals surface area contributed by atoms with E-state index in [0.717, 1.165) is 12.8 Å². The van der Waals surface area contributed by atoms with Gasteiger partial charge in [0.05, 0.1) is 13.2 Å². The first-order valence-corrected chi connectivity index (χ1v) is 7.05. The Kier molecular flexibility index (Phi) is 8.19. The monoisotopic (exact) mass is 297 g/mol. The van der Waals surface area contributed by atoms with Crippen molar-refractivity contribution in [1.29, 1.82) is 0 Å². The second kappa shape index (κ2) is 9.99. The van der Waals surface area contributed by atoms with Crippen LogP contribution >= 0.6 is 0 Å². The highest BCUT2D eigenvalue weighted by Gasteiger charge is 2.01. The van der Waals surface area contributed by atoms with Crippen LogP contribution < -0.4 is 15.8 Å². The second-order valence-corrected chi connectivity index (χ2v) is 4.78. The minimum absolute atomic E-state index is 0.139. The molecule has 1 rings (SSSR count). The molecular weight excluding hydrogens is 273 g/mol. The van der Waals surface area contributed by atoms with E-state index in [4.69, 9.17) is 15.2 Å². The Bertz CT molecular complexity index is 423. The summed E-state index contributed by atoms with van der Waals surface area (Å²) in [4.78, 5) is 4.23. The van der Waals surface area contributed by atoms with Crippen LogP contribution in [-0.4, -0.2) is 38.9 Å². The SMILES string of the molecule is COCC(C)NC(N)=NCCCCOc1ccc(F)cc1. The average molecular weight is 297 g/mol. The molecule has 0 saturated carbocycles.